The average Bonchev–Trinajstić information content (AvgIpc) is 2.30. The number of aryl methyl sites for hydroxylation is 1. The number of rotatable bonds is 2. The molecule has 16 heavy (non-hydrogen) atoms. The number of halogens is 1. The van der Waals surface area contributed by atoms with Gasteiger partial charge in [-0.15, -0.1) is 0 Å². The molecule has 0 fully saturated rings. The third-order valence-electron chi connectivity index (χ3n) is 2.47. The Labute approximate surface area is 99.7 Å². The van der Waals surface area contributed by atoms with Gasteiger partial charge in [0.2, 0.25) is 0 Å². The number of carbonyl (C=O) groups excluding carboxylic acids is 1. The summed E-state index contributed by atoms with van der Waals surface area (Å²) >= 11 is 5.59. The molecule has 0 N–H and O–H groups in total. The van der Waals surface area contributed by atoms with Gasteiger partial charge < -0.3 is 0 Å². The van der Waals surface area contributed by atoms with Crippen LogP contribution in [0.5, 0.6) is 0 Å². The third-order valence-corrected chi connectivity index (χ3v) is 2.68. The van der Waals surface area contributed by atoms with Crippen molar-refractivity contribution in [1.29, 1.82) is 0 Å². The van der Waals surface area contributed by atoms with Crippen LogP contribution in [0.1, 0.15) is 15.9 Å². The van der Waals surface area contributed by atoms with Crippen molar-refractivity contribution in [3.8, 4) is 11.1 Å². The highest BCUT2D eigenvalue weighted by Gasteiger charge is 2.10. The molecule has 0 saturated carbocycles. The second-order valence-corrected chi connectivity index (χ2v) is 4.03. The smallest absolute Gasteiger partial charge is 0.253 e. The summed E-state index contributed by atoms with van der Waals surface area (Å²) in [5, 5.41) is -0.414. The van der Waals surface area contributed by atoms with Crippen LogP contribution in [-0.2, 0) is 0 Å². The fourth-order valence-corrected chi connectivity index (χ4v) is 1.85. The molecule has 0 aliphatic carbocycles. The summed E-state index contributed by atoms with van der Waals surface area (Å²) in [5.41, 5.74) is 3.48. The van der Waals surface area contributed by atoms with Crippen LogP contribution in [0.4, 0.5) is 0 Å². The van der Waals surface area contributed by atoms with E-state index in [1.165, 1.54) is 0 Å². The van der Waals surface area contributed by atoms with Gasteiger partial charge in [-0.2, -0.15) is 0 Å². The van der Waals surface area contributed by atoms with Crippen LogP contribution in [-0.4, -0.2) is 5.24 Å². The van der Waals surface area contributed by atoms with Gasteiger partial charge in [-0.3, -0.25) is 4.79 Å². The Morgan fingerprint density at radius 1 is 1.06 bits per heavy atom. The Balaban J connectivity index is 2.61. The van der Waals surface area contributed by atoms with Crippen LogP contribution in [0.2, 0.25) is 0 Å². The molecule has 0 bridgehead atoms. The molecule has 0 atom stereocenters. The Morgan fingerprint density at radius 3 is 2.38 bits per heavy atom. The number of hydrogen-bond acceptors (Lipinski definition) is 1. The molecule has 0 unspecified atom stereocenters. The van der Waals surface area contributed by atoms with E-state index < -0.39 is 5.24 Å². The molecule has 0 radical (unpaired) electrons. The van der Waals surface area contributed by atoms with Crippen molar-refractivity contribution in [3.63, 3.8) is 0 Å². The van der Waals surface area contributed by atoms with Crippen molar-refractivity contribution in [1.82, 2.24) is 0 Å². The number of hydrogen-bond donors (Lipinski definition) is 0. The SMILES string of the molecule is Cc1ccc(-c2ccccc2)c(C(=O)Cl)c1. The fraction of sp³-hybridized carbons (Fsp3) is 0.0714. The summed E-state index contributed by atoms with van der Waals surface area (Å²) in [4.78, 5) is 11.4. The normalized spacial score (nSPS) is 10.1. The van der Waals surface area contributed by atoms with E-state index in [1.54, 1.807) is 0 Å². The predicted molar refractivity (Wildman–Crippen MR) is 66.8 cm³/mol. The standard InChI is InChI=1S/C14H11ClO/c1-10-7-8-12(13(9-10)14(15)16)11-5-3-2-4-6-11/h2-9H,1H3. The lowest BCUT2D eigenvalue weighted by Gasteiger charge is -2.07. The monoisotopic (exact) mass is 230 g/mol. The minimum atomic E-state index is -0.414. The Hall–Kier alpha value is -1.60. The van der Waals surface area contributed by atoms with E-state index in [0.29, 0.717) is 5.56 Å². The van der Waals surface area contributed by atoms with Crippen LogP contribution in [0, 0.1) is 6.92 Å². The second kappa shape index (κ2) is 4.50. The van der Waals surface area contributed by atoms with Crippen LogP contribution in [0.25, 0.3) is 11.1 Å². The molecule has 0 aliphatic heterocycles. The largest absolute Gasteiger partial charge is 0.276 e. The van der Waals surface area contributed by atoms with Gasteiger partial charge in [0.15, 0.2) is 0 Å². The molecule has 80 valence electrons. The summed E-state index contributed by atoms with van der Waals surface area (Å²) in [6.45, 7) is 1.94. The summed E-state index contributed by atoms with van der Waals surface area (Å²) in [5.74, 6) is 0. The molecule has 0 aromatic heterocycles. The second-order valence-electron chi connectivity index (χ2n) is 3.69. The van der Waals surface area contributed by atoms with Gasteiger partial charge in [0.25, 0.3) is 5.24 Å². The van der Waals surface area contributed by atoms with E-state index in [9.17, 15) is 4.79 Å². The van der Waals surface area contributed by atoms with Crippen molar-refractivity contribution in [2.24, 2.45) is 0 Å². The molecule has 1 nitrogen and oxygen atoms in total. The van der Waals surface area contributed by atoms with Crippen LogP contribution >= 0.6 is 11.6 Å². The van der Waals surface area contributed by atoms with Gasteiger partial charge >= 0.3 is 0 Å². The first kappa shape index (κ1) is 10.9. The lowest BCUT2D eigenvalue weighted by molar-refractivity contribution is 0.108. The molecule has 2 aromatic carbocycles. The molecular weight excluding hydrogens is 220 g/mol. The zero-order valence-corrected chi connectivity index (χ0v) is 9.66. The lowest BCUT2D eigenvalue weighted by atomic mass is 9.98. The molecule has 2 rings (SSSR count). The van der Waals surface area contributed by atoms with Crippen molar-refractivity contribution in [2.75, 3.05) is 0 Å². The van der Waals surface area contributed by atoms with E-state index in [2.05, 4.69) is 0 Å². The van der Waals surface area contributed by atoms with Gasteiger partial charge in [-0.25, -0.2) is 0 Å². The maximum absolute atomic E-state index is 11.4. The van der Waals surface area contributed by atoms with Crippen LogP contribution < -0.4 is 0 Å². The summed E-state index contributed by atoms with van der Waals surface area (Å²) in [6, 6.07) is 15.5. The zero-order chi connectivity index (χ0) is 11.5. The highest BCUT2D eigenvalue weighted by Crippen LogP contribution is 2.25. The first-order valence-electron chi connectivity index (χ1n) is 5.04. The van der Waals surface area contributed by atoms with E-state index >= 15 is 0 Å². The molecule has 0 saturated heterocycles. The maximum Gasteiger partial charge on any atom is 0.253 e. The first-order chi connectivity index (χ1) is 7.68. The number of carbonyl (C=O) groups is 1. The zero-order valence-electron chi connectivity index (χ0n) is 8.91. The van der Waals surface area contributed by atoms with Gasteiger partial charge in [0, 0.05) is 5.56 Å². The number of benzene rings is 2. The van der Waals surface area contributed by atoms with Crippen LogP contribution in [0.3, 0.4) is 0 Å². The summed E-state index contributed by atoms with van der Waals surface area (Å²) in [7, 11) is 0. The Morgan fingerprint density at radius 2 is 1.75 bits per heavy atom. The van der Waals surface area contributed by atoms with E-state index in [4.69, 9.17) is 11.6 Å². The molecule has 0 spiro atoms. The minimum absolute atomic E-state index is 0.414. The van der Waals surface area contributed by atoms with Crippen molar-refractivity contribution < 1.29 is 4.79 Å². The highest BCUT2D eigenvalue weighted by atomic mass is 35.5. The first-order valence-corrected chi connectivity index (χ1v) is 5.42. The molecule has 2 aromatic rings. The van der Waals surface area contributed by atoms with Gasteiger partial charge in [0.05, 0.1) is 0 Å². The quantitative estimate of drug-likeness (QED) is 0.712. The molecular formula is C14H11ClO. The van der Waals surface area contributed by atoms with Crippen LogP contribution in [0.15, 0.2) is 48.5 Å². The van der Waals surface area contributed by atoms with E-state index in [0.717, 1.165) is 16.7 Å². The third kappa shape index (κ3) is 2.15. The summed E-state index contributed by atoms with van der Waals surface area (Å²) in [6.07, 6.45) is 0. The van der Waals surface area contributed by atoms with Crippen molar-refractivity contribution >= 4 is 16.8 Å². The van der Waals surface area contributed by atoms with Gasteiger partial charge in [0.1, 0.15) is 0 Å². The van der Waals surface area contributed by atoms with Crippen molar-refractivity contribution in [3.05, 3.63) is 59.7 Å². The average molecular weight is 231 g/mol. The Kier molecular flexibility index (Phi) is 3.07. The maximum atomic E-state index is 11.4. The predicted octanol–water partition coefficient (Wildman–Crippen LogP) is 4.04. The summed E-state index contributed by atoms with van der Waals surface area (Å²) < 4.78 is 0. The molecule has 2 heteroatoms. The van der Waals surface area contributed by atoms with Gasteiger partial charge in [-0.1, -0.05) is 48.0 Å². The molecule has 0 amide bonds. The molecule has 0 aliphatic rings. The Bertz CT molecular complexity index is 518. The highest BCUT2D eigenvalue weighted by molar-refractivity contribution is 6.68. The minimum Gasteiger partial charge on any atom is -0.276 e. The van der Waals surface area contributed by atoms with E-state index in [-0.39, 0.29) is 0 Å². The topological polar surface area (TPSA) is 17.1 Å². The lowest BCUT2D eigenvalue weighted by Crippen LogP contribution is -1.94. The fourth-order valence-electron chi connectivity index (χ4n) is 1.69. The van der Waals surface area contributed by atoms with Crippen molar-refractivity contribution in [2.45, 2.75) is 6.92 Å². The van der Waals surface area contributed by atoms with Gasteiger partial charge in [-0.05, 0) is 35.7 Å². The molecule has 0 heterocycles. The van der Waals surface area contributed by atoms with E-state index in [1.807, 2.05) is 55.5 Å².